The fraction of sp³-hybridized carbons (Fsp3) is 0.474. The van der Waals surface area contributed by atoms with E-state index in [9.17, 15) is 0 Å². The minimum atomic E-state index is 0.252. The summed E-state index contributed by atoms with van der Waals surface area (Å²) >= 11 is 3.60. The molecule has 6 heteroatoms. The lowest BCUT2D eigenvalue weighted by atomic mass is 10.0. The average Bonchev–Trinajstić information content (AvgIpc) is 2.63. The first-order valence-electron chi connectivity index (χ1n) is 8.50. The summed E-state index contributed by atoms with van der Waals surface area (Å²) in [5, 5.41) is 3.49. The van der Waals surface area contributed by atoms with Gasteiger partial charge in [-0.15, -0.1) is 0 Å². The van der Waals surface area contributed by atoms with Crippen LogP contribution in [0.2, 0.25) is 0 Å². The third-order valence-electron chi connectivity index (χ3n) is 4.13. The molecule has 0 radical (unpaired) electrons. The molecule has 0 saturated carbocycles. The molecule has 0 saturated heterocycles. The molecule has 136 valence electrons. The molecular weight excluding hydrogens is 382 g/mol. The quantitative estimate of drug-likeness (QED) is 0.646. The minimum absolute atomic E-state index is 0.252. The molecule has 0 aliphatic heterocycles. The Kier molecular flexibility index (Phi) is 7.20. The van der Waals surface area contributed by atoms with Gasteiger partial charge < -0.3 is 14.8 Å². The van der Waals surface area contributed by atoms with Crippen LogP contribution in [-0.2, 0) is 11.2 Å². The Morgan fingerprint density at radius 1 is 1.20 bits per heavy atom. The van der Waals surface area contributed by atoms with Crippen molar-refractivity contribution in [3.05, 3.63) is 34.1 Å². The van der Waals surface area contributed by atoms with Gasteiger partial charge in [-0.3, -0.25) is 0 Å². The average molecular weight is 408 g/mol. The van der Waals surface area contributed by atoms with Crippen LogP contribution in [0, 0.1) is 6.92 Å². The monoisotopic (exact) mass is 407 g/mol. The zero-order valence-corrected chi connectivity index (χ0v) is 17.1. The van der Waals surface area contributed by atoms with Crippen molar-refractivity contribution < 1.29 is 9.47 Å². The summed E-state index contributed by atoms with van der Waals surface area (Å²) in [6.07, 6.45) is 1.79. The molecule has 0 aliphatic rings. The number of anilines is 1. The van der Waals surface area contributed by atoms with Crippen molar-refractivity contribution in [1.82, 2.24) is 9.97 Å². The molecule has 1 N–H and O–H groups in total. The normalized spacial score (nSPS) is 12.1. The highest BCUT2D eigenvalue weighted by molar-refractivity contribution is 9.10. The Hall–Kier alpha value is -1.66. The van der Waals surface area contributed by atoms with E-state index >= 15 is 0 Å². The molecular formula is C19H26BrN3O2. The van der Waals surface area contributed by atoms with E-state index in [1.807, 2.05) is 12.1 Å². The van der Waals surface area contributed by atoms with E-state index in [-0.39, 0.29) is 6.04 Å². The number of aromatic nitrogens is 2. The minimum Gasteiger partial charge on any atom is -0.481 e. The zero-order chi connectivity index (χ0) is 18.4. The van der Waals surface area contributed by atoms with Gasteiger partial charge in [0.1, 0.15) is 4.60 Å². The predicted molar refractivity (Wildman–Crippen MR) is 105 cm³/mol. The summed E-state index contributed by atoms with van der Waals surface area (Å²) in [7, 11) is 3.35. The number of hydrogen-bond acceptors (Lipinski definition) is 5. The number of nitrogens with one attached hydrogen (secondary N) is 1. The topological polar surface area (TPSA) is 56.3 Å². The maximum Gasteiger partial charge on any atom is 0.213 e. The highest BCUT2D eigenvalue weighted by atomic mass is 79.9. The molecule has 0 unspecified atom stereocenters. The van der Waals surface area contributed by atoms with Gasteiger partial charge in [0.05, 0.1) is 30.8 Å². The molecule has 2 aromatic heterocycles. The van der Waals surface area contributed by atoms with Gasteiger partial charge >= 0.3 is 0 Å². The van der Waals surface area contributed by atoms with E-state index in [1.54, 1.807) is 14.2 Å². The fourth-order valence-corrected chi connectivity index (χ4v) is 3.13. The van der Waals surface area contributed by atoms with Crippen molar-refractivity contribution in [3.8, 4) is 17.1 Å². The number of rotatable bonds is 8. The maximum atomic E-state index is 5.26. The van der Waals surface area contributed by atoms with Crippen LogP contribution in [0.15, 0.2) is 22.8 Å². The molecule has 0 aromatic carbocycles. The number of methoxy groups -OCH3 is 2. The summed E-state index contributed by atoms with van der Waals surface area (Å²) in [5.41, 5.74) is 5.03. The fourth-order valence-electron chi connectivity index (χ4n) is 2.73. The Bertz CT molecular complexity index is 722. The van der Waals surface area contributed by atoms with E-state index in [2.05, 4.69) is 53.1 Å². The van der Waals surface area contributed by atoms with E-state index in [0.717, 1.165) is 45.6 Å². The first-order chi connectivity index (χ1) is 12.0. The zero-order valence-electron chi connectivity index (χ0n) is 15.5. The van der Waals surface area contributed by atoms with Crippen molar-refractivity contribution in [3.63, 3.8) is 0 Å². The van der Waals surface area contributed by atoms with Gasteiger partial charge in [0.15, 0.2) is 0 Å². The summed E-state index contributed by atoms with van der Waals surface area (Å²) in [5.74, 6) is 0.626. The van der Waals surface area contributed by atoms with Crippen LogP contribution < -0.4 is 10.1 Å². The van der Waals surface area contributed by atoms with Crippen LogP contribution in [-0.4, -0.2) is 36.8 Å². The molecule has 0 fully saturated rings. The Morgan fingerprint density at radius 2 is 1.96 bits per heavy atom. The number of aryl methyl sites for hydroxylation is 2. The maximum absolute atomic E-state index is 5.26. The predicted octanol–water partition coefficient (Wildman–Crippen LogP) is 4.62. The van der Waals surface area contributed by atoms with Crippen molar-refractivity contribution in [2.75, 3.05) is 26.1 Å². The van der Waals surface area contributed by atoms with Crippen LogP contribution in [0.5, 0.6) is 5.88 Å². The second-order valence-corrected chi connectivity index (χ2v) is 6.65. The number of hydrogen-bond donors (Lipinski definition) is 1. The standard InChI is InChI=1S/C19H26BrN3O2/c1-6-13(11-24-4)21-16-10-12(3)18(23-19(16)20)14-8-9-17(25-5)22-15(14)7-2/h8-10,13,21H,6-7,11H2,1-5H3/t13-/m0/s1. The van der Waals surface area contributed by atoms with Crippen LogP contribution in [0.1, 0.15) is 31.5 Å². The second-order valence-electron chi connectivity index (χ2n) is 5.90. The first kappa shape index (κ1) is 19.7. The molecule has 25 heavy (non-hydrogen) atoms. The SMILES string of the molecule is CCc1nc(OC)ccc1-c1nc(Br)c(N[C@@H](CC)COC)cc1C. The molecule has 2 heterocycles. The molecule has 2 aromatic rings. The van der Waals surface area contributed by atoms with Crippen LogP contribution in [0.25, 0.3) is 11.3 Å². The lowest BCUT2D eigenvalue weighted by Gasteiger charge is -2.20. The largest absolute Gasteiger partial charge is 0.481 e. The summed E-state index contributed by atoms with van der Waals surface area (Å²) in [6.45, 7) is 6.95. The summed E-state index contributed by atoms with van der Waals surface area (Å²) < 4.78 is 11.3. The van der Waals surface area contributed by atoms with E-state index in [1.165, 1.54) is 0 Å². The summed E-state index contributed by atoms with van der Waals surface area (Å²) in [4.78, 5) is 9.34. The van der Waals surface area contributed by atoms with Crippen molar-refractivity contribution in [2.45, 2.75) is 39.7 Å². The van der Waals surface area contributed by atoms with Crippen molar-refractivity contribution >= 4 is 21.6 Å². The number of nitrogens with zero attached hydrogens (tertiary/aromatic N) is 2. The highest BCUT2D eigenvalue weighted by Crippen LogP contribution is 2.32. The van der Waals surface area contributed by atoms with Gasteiger partial charge in [0, 0.05) is 24.8 Å². The van der Waals surface area contributed by atoms with E-state index in [4.69, 9.17) is 14.5 Å². The molecule has 0 bridgehead atoms. The molecule has 2 rings (SSSR count). The van der Waals surface area contributed by atoms with Crippen molar-refractivity contribution in [2.24, 2.45) is 0 Å². The van der Waals surface area contributed by atoms with Crippen LogP contribution >= 0.6 is 15.9 Å². The smallest absolute Gasteiger partial charge is 0.213 e. The van der Waals surface area contributed by atoms with E-state index < -0.39 is 0 Å². The molecule has 0 spiro atoms. The Labute approximate surface area is 158 Å². The van der Waals surface area contributed by atoms with Gasteiger partial charge in [-0.05, 0) is 53.4 Å². The van der Waals surface area contributed by atoms with Gasteiger partial charge in [0.2, 0.25) is 5.88 Å². The summed E-state index contributed by atoms with van der Waals surface area (Å²) in [6, 6.07) is 6.27. The Balaban J connectivity index is 2.40. The van der Waals surface area contributed by atoms with Gasteiger partial charge in [-0.1, -0.05) is 13.8 Å². The van der Waals surface area contributed by atoms with Crippen LogP contribution in [0.3, 0.4) is 0 Å². The third-order valence-corrected chi connectivity index (χ3v) is 4.74. The number of halogens is 1. The number of ether oxygens (including phenoxy) is 2. The molecule has 0 aliphatic carbocycles. The van der Waals surface area contributed by atoms with Gasteiger partial charge in [-0.2, -0.15) is 0 Å². The van der Waals surface area contributed by atoms with Crippen molar-refractivity contribution in [1.29, 1.82) is 0 Å². The third kappa shape index (κ3) is 4.70. The molecule has 0 amide bonds. The molecule has 5 nitrogen and oxygen atoms in total. The Morgan fingerprint density at radius 3 is 2.56 bits per heavy atom. The second kappa shape index (κ2) is 9.15. The van der Waals surface area contributed by atoms with E-state index in [0.29, 0.717) is 12.5 Å². The first-order valence-corrected chi connectivity index (χ1v) is 9.30. The molecule has 1 atom stereocenters. The van der Waals surface area contributed by atoms with Crippen LogP contribution in [0.4, 0.5) is 5.69 Å². The highest BCUT2D eigenvalue weighted by Gasteiger charge is 2.15. The van der Waals surface area contributed by atoms with Gasteiger partial charge in [-0.25, -0.2) is 9.97 Å². The lowest BCUT2D eigenvalue weighted by molar-refractivity contribution is 0.184. The van der Waals surface area contributed by atoms with Gasteiger partial charge in [0.25, 0.3) is 0 Å². The lowest BCUT2D eigenvalue weighted by Crippen LogP contribution is -2.24. The number of pyridine rings is 2.